The topological polar surface area (TPSA) is 59.6 Å². The summed E-state index contributed by atoms with van der Waals surface area (Å²) in [5.41, 5.74) is 1.06. The van der Waals surface area contributed by atoms with E-state index in [9.17, 15) is 4.79 Å². The fraction of sp³-hybridized carbons (Fsp3) is 0.533. The van der Waals surface area contributed by atoms with E-state index in [4.69, 9.17) is 9.47 Å². The number of carbonyl (C=O) groups excluding carboxylic acids is 1. The number of amides is 1. The third kappa shape index (κ3) is 2.94. The second-order valence-corrected chi connectivity index (χ2v) is 5.17. The summed E-state index contributed by atoms with van der Waals surface area (Å²) in [5, 5.41) is 6.30. The molecule has 0 aromatic heterocycles. The highest BCUT2D eigenvalue weighted by atomic mass is 16.5. The standard InChI is InChI=1S/C15H20N2O3/c18-15(13-10-19-9-7-16-13)17-12-5-3-8-20-14-6-2-1-4-11(12)14/h1-2,4,6,12-13,16H,3,5,7-10H2,(H,17,18). The van der Waals surface area contributed by atoms with Gasteiger partial charge >= 0.3 is 0 Å². The number of fused-ring (bicyclic) bond motifs is 1. The Morgan fingerprint density at radius 2 is 2.20 bits per heavy atom. The second-order valence-electron chi connectivity index (χ2n) is 5.17. The maximum Gasteiger partial charge on any atom is 0.240 e. The van der Waals surface area contributed by atoms with Gasteiger partial charge in [-0.1, -0.05) is 18.2 Å². The van der Waals surface area contributed by atoms with Crippen molar-refractivity contribution in [2.75, 3.05) is 26.4 Å². The predicted octanol–water partition coefficient (Wildman–Crippen LogP) is 1.00. The van der Waals surface area contributed by atoms with Gasteiger partial charge in [-0.3, -0.25) is 4.79 Å². The maximum absolute atomic E-state index is 12.3. The van der Waals surface area contributed by atoms with Crippen molar-refractivity contribution in [1.82, 2.24) is 10.6 Å². The molecule has 2 N–H and O–H groups in total. The molecule has 2 unspecified atom stereocenters. The van der Waals surface area contributed by atoms with Gasteiger partial charge in [-0.15, -0.1) is 0 Å². The van der Waals surface area contributed by atoms with E-state index in [0.29, 0.717) is 19.8 Å². The monoisotopic (exact) mass is 276 g/mol. The summed E-state index contributed by atoms with van der Waals surface area (Å²) in [4.78, 5) is 12.3. The molecule has 0 spiro atoms. The zero-order valence-corrected chi connectivity index (χ0v) is 11.4. The van der Waals surface area contributed by atoms with Crippen LogP contribution < -0.4 is 15.4 Å². The molecular weight excluding hydrogens is 256 g/mol. The number of nitrogens with one attached hydrogen (secondary N) is 2. The first-order chi connectivity index (χ1) is 9.84. The molecule has 1 saturated heterocycles. The summed E-state index contributed by atoms with van der Waals surface area (Å²) in [7, 11) is 0. The molecule has 0 saturated carbocycles. The van der Waals surface area contributed by atoms with Crippen LogP contribution in [0.2, 0.25) is 0 Å². The SMILES string of the molecule is O=C(NC1CCCOc2ccccc21)C1COCCN1. The smallest absolute Gasteiger partial charge is 0.240 e. The quantitative estimate of drug-likeness (QED) is 0.846. The van der Waals surface area contributed by atoms with E-state index in [1.807, 2.05) is 24.3 Å². The molecule has 0 aliphatic carbocycles. The van der Waals surface area contributed by atoms with Gasteiger partial charge in [0.05, 0.1) is 25.9 Å². The Morgan fingerprint density at radius 1 is 1.30 bits per heavy atom. The Bertz CT molecular complexity index is 472. The van der Waals surface area contributed by atoms with Gasteiger partial charge in [0.25, 0.3) is 0 Å². The average Bonchev–Trinajstić information content (AvgIpc) is 2.71. The zero-order valence-electron chi connectivity index (χ0n) is 11.4. The number of rotatable bonds is 2. The number of carbonyl (C=O) groups is 1. The van der Waals surface area contributed by atoms with Crippen LogP contribution in [0.5, 0.6) is 5.75 Å². The van der Waals surface area contributed by atoms with Crippen LogP contribution in [-0.4, -0.2) is 38.3 Å². The predicted molar refractivity (Wildman–Crippen MR) is 74.7 cm³/mol. The first-order valence-electron chi connectivity index (χ1n) is 7.18. The molecule has 1 amide bonds. The minimum atomic E-state index is -0.250. The summed E-state index contributed by atoms with van der Waals surface area (Å²) < 4.78 is 11.1. The Kier molecular flexibility index (Phi) is 4.18. The van der Waals surface area contributed by atoms with E-state index in [0.717, 1.165) is 30.7 Å². The molecule has 0 bridgehead atoms. The first kappa shape index (κ1) is 13.4. The van der Waals surface area contributed by atoms with Crippen molar-refractivity contribution in [3.63, 3.8) is 0 Å². The molecule has 2 aliphatic rings. The van der Waals surface area contributed by atoms with Crippen LogP contribution in [0.15, 0.2) is 24.3 Å². The van der Waals surface area contributed by atoms with Gasteiger partial charge in [-0.2, -0.15) is 0 Å². The van der Waals surface area contributed by atoms with Crippen molar-refractivity contribution in [1.29, 1.82) is 0 Å². The lowest BCUT2D eigenvalue weighted by molar-refractivity contribution is -0.126. The molecule has 2 heterocycles. The molecule has 1 fully saturated rings. The summed E-state index contributed by atoms with van der Waals surface area (Å²) >= 11 is 0. The molecule has 1 aromatic rings. The zero-order chi connectivity index (χ0) is 13.8. The van der Waals surface area contributed by atoms with Crippen LogP contribution >= 0.6 is 0 Å². The molecule has 0 radical (unpaired) electrons. The minimum Gasteiger partial charge on any atom is -0.493 e. The van der Waals surface area contributed by atoms with Crippen molar-refractivity contribution < 1.29 is 14.3 Å². The Labute approximate surface area is 118 Å². The Hall–Kier alpha value is -1.59. The minimum absolute atomic E-state index is 0.00593. The van der Waals surface area contributed by atoms with E-state index < -0.39 is 0 Å². The number of morpholine rings is 1. The van der Waals surface area contributed by atoms with Crippen molar-refractivity contribution in [3.8, 4) is 5.75 Å². The third-order valence-electron chi connectivity index (χ3n) is 3.74. The van der Waals surface area contributed by atoms with Gasteiger partial charge in [0.2, 0.25) is 5.91 Å². The van der Waals surface area contributed by atoms with Gasteiger partial charge in [0, 0.05) is 12.1 Å². The van der Waals surface area contributed by atoms with Crippen LogP contribution in [0.1, 0.15) is 24.4 Å². The molecule has 20 heavy (non-hydrogen) atoms. The highest BCUT2D eigenvalue weighted by molar-refractivity contribution is 5.82. The second kappa shape index (κ2) is 6.24. The van der Waals surface area contributed by atoms with Crippen LogP contribution in [0, 0.1) is 0 Å². The van der Waals surface area contributed by atoms with Crippen LogP contribution in [0.4, 0.5) is 0 Å². The highest BCUT2D eigenvalue weighted by Crippen LogP contribution is 2.31. The number of hydrogen-bond acceptors (Lipinski definition) is 4. The number of para-hydroxylation sites is 1. The molecule has 5 nitrogen and oxygen atoms in total. The fourth-order valence-electron chi connectivity index (χ4n) is 2.68. The largest absolute Gasteiger partial charge is 0.493 e. The van der Waals surface area contributed by atoms with E-state index in [-0.39, 0.29) is 18.0 Å². The van der Waals surface area contributed by atoms with E-state index in [1.165, 1.54) is 0 Å². The summed E-state index contributed by atoms with van der Waals surface area (Å²) in [6, 6.07) is 7.69. The van der Waals surface area contributed by atoms with E-state index >= 15 is 0 Å². The van der Waals surface area contributed by atoms with Gasteiger partial charge in [0.1, 0.15) is 11.8 Å². The molecule has 108 valence electrons. The highest BCUT2D eigenvalue weighted by Gasteiger charge is 2.26. The summed E-state index contributed by atoms with van der Waals surface area (Å²) in [6.07, 6.45) is 1.84. The Morgan fingerprint density at radius 3 is 3.05 bits per heavy atom. The van der Waals surface area contributed by atoms with Gasteiger partial charge < -0.3 is 20.1 Å². The van der Waals surface area contributed by atoms with Crippen LogP contribution in [0.25, 0.3) is 0 Å². The Balaban J connectivity index is 1.71. The number of hydrogen-bond donors (Lipinski definition) is 2. The molecular formula is C15H20N2O3. The number of ether oxygens (including phenoxy) is 2. The van der Waals surface area contributed by atoms with E-state index in [1.54, 1.807) is 0 Å². The molecule has 2 atom stereocenters. The molecule has 1 aromatic carbocycles. The van der Waals surface area contributed by atoms with Gasteiger partial charge in [-0.25, -0.2) is 0 Å². The van der Waals surface area contributed by atoms with Crippen molar-refractivity contribution in [2.24, 2.45) is 0 Å². The summed E-state index contributed by atoms with van der Waals surface area (Å²) in [5.74, 6) is 0.884. The van der Waals surface area contributed by atoms with Crippen LogP contribution in [0.3, 0.4) is 0 Å². The van der Waals surface area contributed by atoms with Crippen molar-refractivity contribution >= 4 is 5.91 Å². The summed E-state index contributed by atoms with van der Waals surface area (Å²) in [6.45, 7) is 2.54. The fourth-order valence-corrected chi connectivity index (χ4v) is 2.68. The maximum atomic E-state index is 12.3. The lowest BCUT2D eigenvalue weighted by Crippen LogP contribution is -2.51. The number of benzene rings is 1. The van der Waals surface area contributed by atoms with Crippen LogP contribution in [-0.2, 0) is 9.53 Å². The van der Waals surface area contributed by atoms with E-state index in [2.05, 4.69) is 10.6 Å². The molecule has 3 rings (SSSR count). The lowest BCUT2D eigenvalue weighted by atomic mass is 10.0. The first-order valence-corrected chi connectivity index (χ1v) is 7.18. The molecule has 2 aliphatic heterocycles. The normalized spacial score (nSPS) is 26.0. The van der Waals surface area contributed by atoms with Gasteiger partial charge in [0.15, 0.2) is 0 Å². The lowest BCUT2D eigenvalue weighted by Gasteiger charge is -2.26. The average molecular weight is 276 g/mol. The van der Waals surface area contributed by atoms with Crippen molar-refractivity contribution in [3.05, 3.63) is 29.8 Å². The molecule has 5 heteroatoms. The van der Waals surface area contributed by atoms with Crippen molar-refractivity contribution in [2.45, 2.75) is 24.9 Å². The van der Waals surface area contributed by atoms with Gasteiger partial charge in [-0.05, 0) is 18.9 Å². The third-order valence-corrected chi connectivity index (χ3v) is 3.74.